The highest BCUT2D eigenvalue weighted by Crippen LogP contribution is 2.09. The summed E-state index contributed by atoms with van der Waals surface area (Å²) >= 11 is 5.10. The number of benzene rings is 1. The average molecular weight is 335 g/mol. The number of thiocarbonyl (C=S) groups is 1. The Balaban J connectivity index is 2.45. The van der Waals surface area contributed by atoms with Crippen molar-refractivity contribution in [3.05, 3.63) is 29.8 Å². The molecule has 6 heteroatoms. The minimum absolute atomic E-state index is 0.0829. The molecule has 0 bridgehead atoms. The van der Waals surface area contributed by atoms with E-state index in [4.69, 9.17) is 12.2 Å². The van der Waals surface area contributed by atoms with E-state index in [-0.39, 0.29) is 16.9 Å². The summed E-state index contributed by atoms with van der Waals surface area (Å²) in [5.41, 5.74) is 1.33. The zero-order valence-corrected chi connectivity index (χ0v) is 14.6. The largest absolute Gasteiger partial charge is 0.352 e. The zero-order chi connectivity index (χ0) is 17.1. The van der Waals surface area contributed by atoms with Gasteiger partial charge in [0.2, 0.25) is 5.91 Å². The first-order chi connectivity index (χ1) is 11.1. The highest BCUT2D eigenvalue weighted by atomic mass is 32.1. The van der Waals surface area contributed by atoms with E-state index in [1.807, 2.05) is 6.92 Å². The topological polar surface area (TPSA) is 70.2 Å². The van der Waals surface area contributed by atoms with Crippen molar-refractivity contribution >= 4 is 34.8 Å². The standard InChI is InChI=1S/C17H25N3O2S/c1-3-5-7-15(21)20-17(23)19-14-10-8-13(9-11-14)16(22)18-12-6-4-2/h8-11H,3-7,12H2,1-2H3,(H,18,22)(H2,19,20,21,23). The minimum Gasteiger partial charge on any atom is -0.352 e. The molecule has 0 fully saturated rings. The van der Waals surface area contributed by atoms with Gasteiger partial charge in [-0.2, -0.15) is 0 Å². The van der Waals surface area contributed by atoms with Gasteiger partial charge in [-0.05, 0) is 49.3 Å². The number of carbonyl (C=O) groups excluding carboxylic acids is 2. The number of unbranched alkanes of at least 4 members (excludes halogenated alkanes) is 2. The van der Waals surface area contributed by atoms with Crippen LogP contribution in [0.2, 0.25) is 0 Å². The predicted molar refractivity (Wildman–Crippen MR) is 97.6 cm³/mol. The molecular weight excluding hydrogens is 310 g/mol. The zero-order valence-electron chi connectivity index (χ0n) is 13.8. The van der Waals surface area contributed by atoms with Crippen LogP contribution in [0, 0.1) is 0 Å². The number of anilines is 1. The fourth-order valence-electron chi connectivity index (χ4n) is 1.87. The molecule has 3 N–H and O–H groups in total. The third kappa shape index (κ3) is 7.74. The quantitative estimate of drug-likeness (QED) is 0.504. The number of amides is 2. The van der Waals surface area contributed by atoms with E-state index >= 15 is 0 Å². The Kier molecular flexibility index (Phi) is 8.90. The van der Waals surface area contributed by atoms with Crippen LogP contribution in [-0.2, 0) is 4.79 Å². The van der Waals surface area contributed by atoms with Gasteiger partial charge in [-0.1, -0.05) is 26.7 Å². The van der Waals surface area contributed by atoms with Crippen LogP contribution >= 0.6 is 12.2 Å². The second-order valence-electron chi connectivity index (χ2n) is 5.29. The fourth-order valence-corrected chi connectivity index (χ4v) is 2.11. The van der Waals surface area contributed by atoms with Gasteiger partial charge in [0.1, 0.15) is 0 Å². The molecule has 0 spiro atoms. The third-order valence-electron chi connectivity index (χ3n) is 3.23. The van der Waals surface area contributed by atoms with Crippen molar-refractivity contribution in [3.63, 3.8) is 0 Å². The van der Waals surface area contributed by atoms with Crippen LogP contribution in [0.15, 0.2) is 24.3 Å². The Labute approximate surface area is 143 Å². The SMILES string of the molecule is CCCCNC(=O)c1ccc(NC(=S)NC(=O)CCCC)cc1. The first kappa shape index (κ1) is 19.1. The third-order valence-corrected chi connectivity index (χ3v) is 3.44. The Morgan fingerprint density at radius 3 is 2.30 bits per heavy atom. The van der Waals surface area contributed by atoms with Crippen molar-refractivity contribution in [1.29, 1.82) is 0 Å². The lowest BCUT2D eigenvalue weighted by molar-refractivity contribution is -0.119. The maximum atomic E-state index is 11.9. The number of hydrogen-bond donors (Lipinski definition) is 3. The molecule has 0 radical (unpaired) electrons. The summed E-state index contributed by atoms with van der Waals surface area (Å²) in [6, 6.07) is 6.98. The molecule has 1 aromatic rings. The van der Waals surface area contributed by atoms with Gasteiger partial charge in [0.15, 0.2) is 5.11 Å². The molecule has 1 rings (SSSR count). The minimum atomic E-state index is -0.0868. The van der Waals surface area contributed by atoms with Crippen molar-refractivity contribution in [1.82, 2.24) is 10.6 Å². The number of carbonyl (C=O) groups is 2. The second-order valence-corrected chi connectivity index (χ2v) is 5.70. The lowest BCUT2D eigenvalue weighted by Crippen LogP contribution is -2.33. The molecule has 126 valence electrons. The molecule has 0 atom stereocenters. The molecule has 2 amide bonds. The van der Waals surface area contributed by atoms with E-state index in [0.29, 0.717) is 18.5 Å². The molecule has 0 unspecified atom stereocenters. The fraction of sp³-hybridized carbons (Fsp3) is 0.471. The second kappa shape index (κ2) is 10.7. The van der Waals surface area contributed by atoms with E-state index in [9.17, 15) is 9.59 Å². The normalized spacial score (nSPS) is 10.0. The van der Waals surface area contributed by atoms with Crippen molar-refractivity contribution in [2.75, 3.05) is 11.9 Å². The molecule has 0 aliphatic rings. The highest BCUT2D eigenvalue weighted by molar-refractivity contribution is 7.80. The maximum absolute atomic E-state index is 11.9. The molecular formula is C17H25N3O2S. The van der Waals surface area contributed by atoms with Crippen molar-refractivity contribution in [2.45, 2.75) is 46.0 Å². The van der Waals surface area contributed by atoms with Crippen LogP contribution in [-0.4, -0.2) is 23.5 Å². The summed E-state index contributed by atoms with van der Waals surface area (Å²) in [4.78, 5) is 23.5. The van der Waals surface area contributed by atoms with Crippen LogP contribution < -0.4 is 16.0 Å². The van der Waals surface area contributed by atoms with E-state index in [2.05, 4.69) is 22.9 Å². The van der Waals surface area contributed by atoms with Crippen LogP contribution in [0.25, 0.3) is 0 Å². The number of nitrogens with one attached hydrogen (secondary N) is 3. The van der Waals surface area contributed by atoms with Gasteiger partial charge in [0.25, 0.3) is 5.91 Å². The van der Waals surface area contributed by atoms with Crippen molar-refractivity contribution in [3.8, 4) is 0 Å². The number of hydrogen-bond acceptors (Lipinski definition) is 3. The summed E-state index contributed by atoms with van der Waals surface area (Å²) in [6.45, 7) is 4.80. The Hall–Kier alpha value is -1.95. The van der Waals surface area contributed by atoms with Gasteiger partial charge in [0, 0.05) is 24.2 Å². The van der Waals surface area contributed by atoms with Crippen LogP contribution in [0.1, 0.15) is 56.3 Å². The molecule has 5 nitrogen and oxygen atoms in total. The van der Waals surface area contributed by atoms with E-state index in [1.54, 1.807) is 24.3 Å². The van der Waals surface area contributed by atoms with Crippen LogP contribution in [0.5, 0.6) is 0 Å². The average Bonchev–Trinajstić information content (AvgIpc) is 2.53. The molecule has 0 aromatic heterocycles. The van der Waals surface area contributed by atoms with E-state index in [1.165, 1.54) is 0 Å². The van der Waals surface area contributed by atoms with Crippen LogP contribution in [0.3, 0.4) is 0 Å². The monoisotopic (exact) mass is 335 g/mol. The molecule has 23 heavy (non-hydrogen) atoms. The molecule has 0 aliphatic heterocycles. The van der Waals surface area contributed by atoms with Gasteiger partial charge in [-0.3, -0.25) is 9.59 Å². The summed E-state index contributed by atoms with van der Waals surface area (Å²) in [5, 5.41) is 8.71. The van der Waals surface area contributed by atoms with Gasteiger partial charge in [0.05, 0.1) is 0 Å². The van der Waals surface area contributed by atoms with Crippen molar-refractivity contribution in [2.24, 2.45) is 0 Å². The molecule has 0 aliphatic carbocycles. The van der Waals surface area contributed by atoms with E-state index in [0.717, 1.165) is 31.4 Å². The summed E-state index contributed by atoms with van der Waals surface area (Å²) in [7, 11) is 0. The Bertz CT molecular complexity index is 529. The lowest BCUT2D eigenvalue weighted by atomic mass is 10.2. The molecule has 0 saturated carbocycles. The van der Waals surface area contributed by atoms with Gasteiger partial charge < -0.3 is 16.0 Å². The maximum Gasteiger partial charge on any atom is 0.251 e. The predicted octanol–water partition coefficient (Wildman–Crippen LogP) is 3.22. The highest BCUT2D eigenvalue weighted by Gasteiger charge is 2.06. The van der Waals surface area contributed by atoms with Gasteiger partial charge in [-0.15, -0.1) is 0 Å². The first-order valence-corrected chi connectivity index (χ1v) is 8.46. The van der Waals surface area contributed by atoms with Crippen LogP contribution in [0.4, 0.5) is 5.69 Å². The summed E-state index contributed by atoms with van der Waals surface area (Å²) in [5.74, 6) is -0.170. The lowest BCUT2D eigenvalue weighted by Gasteiger charge is -2.10. The smallest absolute Gasteiger partial charge is 0.251 e. The first-order valence-electron chi connectivity index (χ1n) is 8.06. The van der Waals surface area contributed by atoms with Gasteiger partial charge in [-0.25, -0.2) is 0 Å². The summed E-state index contributed by atoms with van der Waals surface area (Å²) in [6.07, 6.45) is 4.29. The van der Waals surface area contributed by atoms with Gasteiger partial charge >= 0.3 is 0 Å². The van der Waals surface area contributed by atoms with E-state index < -0.39 is 0 Å². The molecule has 0 saturated heterocycles. The molecule has 1 aromatic carbocycles. The summed E-state index contributed by atoms with van der Waals surface area (Å²) < 4.78 is 0. The Morgan fingerprint density at radius 2 is 1.70 bits per heavy atom. The Morgan fingerprint density at radius 1 is 1.04 bits per heavy atom. The molecule has 0 heterocycles. The van der Waals surface area contributed by atoms with Crippen molar-refractivity contribution < 1.29 is 9.59 Å². The number of rotatable bonds is 8.